The lowest BCUT2D eigenvalue weighted by Gasteiger charge is -2.28. The molecular weight excluding hydrogens is 176 g/mol. The molecule has 0 saturated carbocycles. The number of β-amino-alcohol motifs (C(OH)–C–C–N with tert-alkyl or cyclic N) is 1. The van der Waals surface area contributed by atoms with Crippen molar-refractivity contribution in [3.63, 3.8) is 0 Å². The average Bonchev–Trinajstić information content (AvgIpc) is 2.23. The molecule has 76 valence electrons. The maximum Gasteiger partial charge on any atom is 0.0696 e. The van der Waals surface area contributed by atoms with E-state index in [1.165, 1.54) is 5.56 Å². The van der Waals surface area contributed by atoms with E-state index in [4.69, 9.17) is 0 Å². The Hall–Kier alpha value is -0.930. The Balaban J connectivity index is 1.96. The molecule has 1 aliphatic rings. The predicted octanol–water partition coefficient (Wildman–Crippen LogP) is 0.594. The second-order valence-electron chi connectivity index (χ2n) is 3.88. The summed E-state index contributed by atoms with van der Waals surface area (Å²) in [7, 11) is 0. The van der Waals surface area contributed by atoms with Crippen LogP contribution in [0.4, 0.5) is 0 Å². The second kappa shape index (κ2) is 4.53. The molecule has 0 aliphatic carbocycles. The molecule has 2 unspecified atom stereocenters. The molecule has 0 radical (unpaired) electrons. The van der Waals surface area contributed by atoms with Gasteiger partial charge in [0.2, 0.25) is 0 Å². The quantitative estimate of drug-likeness (QED) is 0.721. The molecule has 3 nitrogen and oxygen atoms in total. The van der Waals surface area contributed by atoms with Gasteiger partial charge in [-0.2, -0.15) is 0 Å². The van der Waals surface area contributed by atoms with E-state index in [2.05, 4.69) is 10.3 Å². The van der Waals surface area contributed by atoms with Crippen molar-refractivity contribution in [2.24, 2.45) is 5.92 Å². The van der Waals surface area contributed by atoms with Crippen LogP contribution in [0.15, 0.2) is 24.5 Å². The Labute approximate surface area is 84.2 Å². The molecule has 0 bridgehead atoms. The van der Waals surface area contributed by atoms with Crippen LogP contribution in [-0.4, -0.2) is 29.3 Å². The predicted molar refractivity (Wildman–Crippen MR) is 54.9 cm³/mol. The van der Waals surface area contributed by atoms with Crippen molar-refractivity contribution in [2.75, 3.05) is 13.1 Å². The van der Waals surface area contributed by atoms with E-state index in [1.807, 2.05) is 24.5 Å². The van der Waals surface area contributed by atoms with E-state index in [0.29, 0.717) is 5.92 Å². The summed E-state index contributed by atoms with van der Waals surface area (Å²) >= 11 is 0. The van der Waals surface area contributed by atoms with Gasteiger partial charge in [-0.25, -0.2) is 0 Å². The van der Waals surface area contributed by atoms with Crippen LogP contribution in [0.2, 0.25) is 0 Å². The summed E-state index contributed by atoms with van der Waals surface area (Å²) in [5.74, 6) is 0.402. The highest BCUT2D eigenvalue weighted by molar-refractivity contribution is 5.11. The van der Waals surface area contributed by atoms with Crippen LogP contribution in [0.25, 0.3) is 0 Å². The van der Waals surface area contributed by atoms with Crippen LogP contribution in [0.5, 0.6) is 0 Å². The number of aromatic nitrogens is 1. The molecule has 2 atom stereocenters. The Morgan fingerprint density at radius 1 is 1.43 bits per heavy atom. The normalized spacial score (nSPS) is 27.5. The van der Waals surface area contributed by atoms with Gasteiger partial charge in [-0.05, 0) is 43.0 Å². The number of nitrogens with one attached hydrogen (secondary N) is 1. The summed E-state index contributed by atoms with van der Waals surface area (Å²) in [6.07, 6.45) is 5.44. The zero-order valence-electron chi connectivity index (χ0n) is 8.19. The third-order valence-electron chi connectivity index (χ3n) is 2.84. The van der Waals surface area contributed by atoms with E-state index in [9.17, 15) is 5.11 Å². The van der Waals surface area contributed by atoms with Gasteiger partial charge >= 0.3 is 0 Å². The number of rotatable bonds is 2. The van der Waals surface area contributed by atoms with Crippen molar-refractivity contribution in [2.45, 2.75) is 18.9 Å². The van der Waals surface area contributed by atoms with Gasteiger partial charge in [-0.3, -0.25) is 4.98 Å². The summed E-state index contributed by atoms with van der Waals surface area (Å²) in [6, 6.07) is 4.05. The molecule has 3 heteroatoms. The van der Waals surface area contributed by atoms with Gasteiger partial charge in [0.25, 0.3) is 0 Å². The monoisotopic (exact) mass is 192 g/mol. The van der Waals surface area contributed by atoms with Crippen molar-refractivity contribution in [1.29, 1.82) is 0 Å². The number of hydrogen-bond donors (Lipinski definition) is 2. The lowest BCUT2D eigenvalue weighted by Crippen LogP contribution is -2.41. The Kier molecular flexibility index (Phi) is 3.11. The number of hydrogen-bond acceptors (Lipinski definition) is 3. The first-order valence-electron chi connectivity index (χ1n) is 5.14. The maximum atomic E-state index is 9.75. The van der Waals surface area contributed by atoms with E-state index in [-0.39, 0.29) is 6.10 Å². The number of nitrogens with zero attached hydrogens (tertiary/aromatic N) is 1. The standard InChI is InChI=1S/C11H16N2O/c14-11-8-13-6-3-10(11)7-9-1-4-12-5-2-9/h1-2,4-5,10-11,13-14H,3,6-8H2. The summed E-state index contributed by atoms with van der Waals surface area (Å²) in [5.41, 5.74) is 1.27. The van der Waals surface area contributed by atoms with Crippen LogP contribution in [-0.2, 0) is 6.42 Å². The Morgan fingerprint density at radius 3 is 2.93 bits per heavy atom. The molecule has 2 rings (SSSR count). The topological polar surface area (TPSA) is 45.1 Å². The van der Waals surface area contributed by atoms with E-state index >= 15 is 0 Å². The van der Waals surface area contributed by atoms with Crippen molar-refractivity contribution >= 4 is 0 Å². The van der Waals surface area contributed by atoms with E-state index < -0.39 is 0 Å². The summed E-state index contributed by atoms with van der Waals surface area (Å²) < 4.78 is 0. The fraction of sp³-hybridized carbons (Fsp3) is 0.545. The molecule has 2 N–H and O–H groups in total. The fourth-order valence-electron chi connectivity index (χ4n) is 1.96. The Bertz CT molecular complexity index is 276. The molecule has 1 fully saturated rings. The van der Waals surface area contributed by atoms with E-state index in [0.717, 1.165) is 25.9 Å². The van der Waals surface area contributed by atoms with Gasteiger partial charge in [0, 0.05) is 18.9 Å². The minimum atomic E-state index is -0.197. The molecule has 1 aliphatic heterocycles. The Morgan fingerprint density at radius 2 is 2.21 bits per heavy atom. The fourth-order valence-corrected chi connectivity index (χ4v) is 1.96. The first kappa shape index (κ1) is 9.62. The van der Waals surface area contributed by atoms with Crippen LogP contribution in [0.1, 0.15) is 12.0 Å². The minimum Gasteiger partial charge on any atom is -0.392 e. The molecule has 1 aromatic heterocycles. The summed E-state index contributed by atoms with van der Waals surface area (Å²) in [6.45, 7) is 1.75. The lowest BCUT2D eigenvalue weighted by molar-refractivity contribution is 0.0820. The smallest absolute Gasteiger partial charge is 0.0696 e. The van der Waals surface area contributed by atoms with Crippen LogP contribution >= 0.6 is 0 Å². The largest absolute Gasteiger partial charge is 0.392 e. The van der Waals surface area contributed by atoms with Crippen LogP contribution < -0.4 is 5.32 Å². The highest BCUT2D eigenvalue weighted by Gasteiger charge is 2.22. The van der Waals surface area contributed by atoms with Gasteiger partial charge in [-0.15, -0.1) is 0 Å². The van der Waals surface area contributed by atoms with Crippen molar-refractivity contribution < 1.29 is 5.11 Å². The molecular formula is C11H16N2O. The number of aliphatic hydroxyl groups is 1. The van der Waals surface area contributed by atoms with Gasteiger partial charge in [0.05, 0.1) is 6.10 Å². The third-order valence-corrected chi connectivity index (χ3v) is 2.84. The van der Waals surface area contributed by atoms with Gasteiger partial charge < -0.3 is 10.4 Å². The molecule has 14 heavy (non-hydrogen) atoms. The first-order valence-corrected chi connectivity index (χ1v) is 5.14. The van der Waals surface area contributed by atoms with Crippen molar-refractivity contribution in [3.8, 4) is 0 Å². The average molecular weight is 192 g/mol. The van der Waals surface area contributed by atoms with E-state index in [1.54, 1.807) is 0 Å². The highest BCUT2D eigenvalue weighted by Crippen LogP contribution is 2.17. The zero-order chi connectivity index (χ0) is 9.80. The molecule has 1 saturated heterocycles. The first-order chi connectivity index (χ1) is 6.86. The van der Waals surface area contributed by atoms with Crippen molar-refractivity contribution in [3.05, 3.63) is 30.1 Å². The SMILES string of the molecule is OC1CNCCC1Cc1ccncc1. The zero-order valence-corrected chi connectivity index (χ0v) is 8.19. The number of pyridine rings is 1. The molecule has 0 aromatic carbocycles. The van der Waals surface area contributed by atoms with Gasteiger partial charge in [0.1, 0.15) is 0 Å². The highest BCUT2D eigenvalue weighted by atomic mass is 16.3. The lowest BCUT2D eigenvalue weighted by atomic mass is 9.89. The van der Waals surface area contributed by atoms with Crippen LogP contribution in [0.3, 0.4) is 0 Å². The minimum absolute atomic E-state index is 0.197. The summed E-state index contributed by atoms with van der Waals surface area (Å²) in [5, 5.41) is 12.9. The second-order valence-corrected chi connectivity index (χ2v) is 3.88. The number of aliphatic hydroxyl groups excluding tert-OH is 1. The molecule has 0 amide bonds. The van der Waals surface area contributed by atoms with Gasteiger partial charge in [-0.1, -0.05) is 0 Å². The summed E-state index contributed by atoms with van der Waals surface area (Å²) in [4.78, 5) is 3.98. The maximum absolute atomic E-state index is 9.75. The third kappa shape index (κ3) is 2.30. The molecule has 2 heterocycles. The van der Waals surface area contributed by atoms with Crippen molar-refractivity contribution in [1.82, 2.24) is 10.3 Å². The van der Waals surface area contributed by atoms with Crippen LogP contribution in [0, 0.1) is 5.92 Å². The number of piperidine rings is 1. The molecule has 0 spiro atoms. The molecule has 1 aromatic rings. The van der Waals surface area contributed by atoms with Gasteiger partial charge in [0.15, 0.2) is 0 Å².